The van der Waals surface area contributed by atoms with Crippen LogP contribution in [0.1, 0.15) is 13.8 Å². The molecule has 0 aliphatic heterocycles. The first-order valence-electron chi connectivity index (χ1n) is 5.38. The van der Waals surface area contributed by atoms with E-state index in [9.17, 15) is 9.18 Å². The van der Waals surface area contributed by atoms with Crippen LogP contribution in [-0.4, -0.2) is 24.2 Å². The maximum Gasteiger partial charge on any atom is 0.308 e. The van der Waals surface area contributed by atoms with Crippen molar-refractivity contribution in [3.05, 3.63) is 29.0 Å². The largest absolute Gasteiger partial charge is 0.481 e. The Hall–Kier alpha value is -1.29. The summed E-state index contributed by atoms with van der Waals surface area (Å²) in [7, 11) is 0. The minimum absolute atomic E-state index is 0.0453. The average molecular weight is 260 g/mol. The fourth-order valence-corrected chi connectivity index (χ4v) is 1.68. The summed E-state index contributed by atoms with van der Waals surface area (Å²) in [5.74, 6) is -1.81. The molecule has 0 spiro atoms. The SMILES string of the molecule is CCN(CC(C)C(=O)O)c1ccc(F)c(Cl)c1. The smallest absolute Gasteiger partial charge is 0.308 e. The summed E-state index contributed by atoms with van der Waals surface area (Å²) in [6, 6.07) is 4.39. The molecule has 1 unspecified atom stereocenters. The Labute approximate surface area is 105 Å². The lowest BCUT2D eigenvalue weighted by molar-refractivity contribution is -0.140. The van der Waals surface area contributed by atoms with Crippen LogP contribution < -0.4 is 4.90 Å². The van der Waals surface area contributed by atoms with E-state index in [1.165, 1.54) is 12.1 Å². The zero-order valence-corrected chi connectivity index (χ0v) is 10.5. The van der Waals surface area contributed by atoms with Gasteiger partial charge in [-0.2, -0.15) is 0 Å². The minimum atomic E-state index is -0.850. The molecule has 1 atom stereocenters. The number of benzene rings is 1. The van der Waals surface area contributed by atoms with E-state index in [4.69, 9.17) is 16.7 Å². The summed E-state index contributed by atoms with van der Waals surface area (Å²) in [5, 5.41) is 8.90. The summed E-state index contributed by atoms with van der Waals surface area (Å²) in [5.41, 5.74) is 0.729. The van der Waals surface area contributed by atoms with Gasteiger partial charge in [0.15, 0.2) is 0 Å². The molecule has 0 aliphatic rings. The van der Waals surface area contributed by atoms with Crippen LogP contribution in [0.5, 0.6) is 0 Å². The van der Waals surface area contributed by atoms with Crippen LogP contribution in [0.2, 0.25) is 5.02 Å². The molecule has 0 saturated heterocycles. The molecule has 17 heavy (non-hydrogen) atoms. The number of anilines is 1. The summed E-state index contributed by atoms with van der Waals surface area (Å²) in [4.78, 5) is 12.6. The average Bonchev–Trinajstić information content (AvgIpc) is 2.29. The Morgan fingerprint density at radius 1 is 1.59 bits per heavy atom. The second-order valence-electron chi connectivity index (χ2n) is 3.88. The molecule has 0 bridgehead atoms. The van der Waals surface area contributed by atoms with Gasteiger partial charge in [-0.25, -0.2) is 4.39 Å². The van der Waals surface area contributed by atoms with Gasteiger partial charge in [-0.05, 0) is 25.1 Å². The quantitative estimate of drug-likeness (QED) is 0.884. The molecule has 5 heteroatoms. The Bertz CT molecular complexity index is 411. The zero-order valence-electron chi connectivity index (χ0n) is 9.78. The predicted molar refractivity (Wildman–Crippen MR) is 66.1 cm³/mol. The van der Waals surface area contributed by atoms with Crippen molar-refractivity contribution in [3.63, 3.8) is 0 Å². The Balaban J connectivity index is 2.86. The van der Waals surface area contributed by atoms with Crippen molar-refractivity contribution in [2.75, 3.05) is 18.0 Å². The highest BCUT2D eigenvalue weighted by Gasteiger charge is 2.16. The lowest BCUT2D eigenvalue weighted by atomic mass is 10.1. The summed E-state index contributed by atoms with van der Waals surface area (Å²) < 4.78 is 13.0. The zero-order chi connectivity index (χ0) is 13.0. The van der Waals surface area contributed by atoms with Crippen LogP contribution in [0, 0.1) is 11.7 Å². The van der Waals surface area contributed by atoms with Gasteiger partial charge in [0.05, 0.1) is 10.9 Å². The molecule has 0 aromatic heterocycles. The number of carboxylic acid groups (broad SMARTS) is 1. The number of rotatable bonds is 5. The van der Waals surface area contributed by atoms with Crippen molar-refractivity contribution in [1.29, 1.82) is 0 Å². The van der Waals surface area contributed by atoms with Gasteiger partial charge in [0.2, 0.25) is 0 Å². The fraction of sp³-hybridized carbons (Fsp3) is 0.417. The monoisotopic (exact) mass is 259 g/mol. The van der Waals surface area contributed by atoms with Gasteiger partial charge >= 0.3 is 5.97 Å². The van der Waals surface area contributed by atoms with E-state index in [-0.39, 0.29) is 5.02 Å². The molecular weight excluding hydrogens is 245 g/mol. The second kappa shape index (κ2) is 5.87. The highest BCUT2D eigenvalue weighted by atomic mass is 35.5. The van der Waals surface area contributed by atoms with Gasteiger partial charge < -0.3 is 10.0 Å². The van der Waals surface area contributed by atoms with Crippen LogP contribution in [0.4, 0.5) is 10.1 Å². The molecule has 1 aromatic carbocycles. The van der Waals surface area contributed by atoms with Crippen molar-refractivity contribution in [3.8, 4) is 0 Å². The van der Waals surface area contributed by atoms with Crippen molar-refractivity contribution in [1.82, 2.24) is 0 Å². The highest BCUT2D eigenvalue weighted by Crippen LogP contribution is 2.23. The molecule has 0 amide bonds. The number of hydrogen-bond donors (Lipinski definition) is 1. The first-order chi connectivity index (χ1) is 7.95. The Morgan fingerprint density at radius 3 is 2.71 bits per heavy atom. The van der Waals surface area contributed by atoms with E-state index in [2.05, 4.69) is 0 Å². The number of hydrogen-bond acceptors (Lipinski definition) is 2. The van der Waals surface area contributed by atoms with Crippen LogP contribution >= 0.6 is 11.6 Å². The fourth-order valence-electron chi connectivity index (χ4n) is 1.51. The third kappa shape index (κ3) is 3.60. The summed E-state index contributed by atoms with van der Waals surface area (Å²) in [6.45, 7) is 4.55. The van der Waals surface area contributed by atoms with Crippen molar-refractivity contribution < 1.29 is 14.3 Å². The molecule has 3 nitrogen and oxygen atoms in total. The maximum absolute atomic E-state index is 13.0. The van der Waals surface area contributed by atoms with Crippen molar-refractivity contribution in [2.45, 2.75) is 13.8 Å². The number of halogens is 2. The van der Waals surface area contributed by atoms with E-state index in [0.717, 1.165) is 5.69 Å². The molecule has 0 radical (unpaired) electrons. The van der Waals surface area contributed by atoms with Gasteiger partial charge in [0, 0.05) is 18.8 Å². The van der Waals surface area contributed by atoms with E-state index >= 15 is 0 Å². The third-order valence-corrected chi connectivity index (χ3v) is 2.86. The molecule has 1 N–H and O–H groups in total. The highest BCUT2D eigenvalue weighted by molar-refractivity contribution is 6.31. The molecule has 0 saturated carbocycles. The standard InChI is InChI=1S/C12H15ClFNO2/c1-3-15(7-8(2)12(16)17)9-4-5-11(14)10(13)6-9/h4-6,8H,3,7H2,1-2H3,(H,16,17). The third-order valence-electron chi connectivity index (χ3n) is 2.57. The van der Waals surface area contributed by atoms with Crippen LogP contribution in [0.15, 0.2) is 18.2 Å². The van der Waals surface area contributed by atoms with Crippen molar-refractivity contribution in [2.24, 2.45) is 5.92 Å². The number of aliphatic carboxylic acids is 1. The Morgan fingerprint density at radius 2 is 2.24 bits per heavy atom. The van der Waals surface area contributed by atoms with Crippen LogP contribution in [0.3, 0.4) is 0 Å². The number of nitrogens with zero attached hydrogens (tertiary/aromatic N) is 1. The van der Waals surface area contributed by atoms with Gasteiger partial charge in [-0.3, -0.25) is 4.79 Å². The molecule has 94 valence electrons. The number of carbonyl (C=O) groups is 1. The van der Waals surface area contributed by atoms with E-state index in [1.807, 2.05) is 11.8 Å². The summed E-state index contributed by atoms with van der Waals surface area (Å²) >= 11 is 5.70. The van der Waals surface area contributed by atoms with E-state index < -0.39 is 17.7 Å². The molecule has 0 aliphatic carbocycles. The number of carboxylic acids is 1. The van der Waals surface area contributed by atoms with Crippen LogP contribution in [0.25, 0.3) is 0 Å². The van der Waals surface area contributed by atoms with Gasteiger partial charge in [-0.15, -0.1) is 0 Å². The van der Waals surface area contributed by atoms with Crippen molar-refractivity contribution >= 4 is 23.3 Å². The second-order valence-corrected chi connectivity index (χ2v) is 4.28. The normalized spacial score (nSPS) is 12.2. The first-order valence-corrected chi connectivity index (χ1v) is 5.76. The van der Waals surface area contributed by atoms with Crippen LogP contribution in [-0.2, 0) is 4.79 Å². The predicted octanol–water partition coefficient (Wildman–Crippen LogP) is 3.03. The van der Waals surface area contributed by atoms with Gasteiger partial charge in [0.25, 0.3) is 0 Å². The van der Waals surface area contributed by atoms with Gasteiger partial charge in [-0.1, -0.05) is 18.5 Å². The maximum atomic E-state index is 13.0. The summed E-state index contributed by atoms with van der Waals surface area (Å²) in [6.07, 6.45) is 0. The van der Waals surface area contributed by atoms with Gasteiger partial charge in [0.1, 0.15) is 5.82 Å². The molecule has 1 rings (SSSR count). The first kappa shape index (κ1) is 13.8. The Kier molecular flexibility index (Phi) is 4.75. The lowest BCUT2D eigenvalue weighted by Crippen LogP contribution is -2.31. The van der Waals surface area contributed by atoms with E-state index in [0.29, 0.717) is 13.1 Å². The molecule has 0 heterocycles. The minimum Gasteiger partial charge on any atom is -0.481 e. The topological polar surface area (TPSA) is 40.5 Å². The van der Waals surface area contributed by atoms with E-state index in [1.54, 1.807) is 13.0 Å². The lowest BCUT2D eigenvalue weighted by Gasteiger charge is -2.25. The molecule has 0 fully saturated rings. The molecule has 1 aromatic rings. The molecular formula is C12H15ClFNO2.